The summed E-state index contributed by atoms with van der Waals surface area (Å²) in [6, 6.07) is 17.6. The summed E-state index contributed by atoms with van der Waals surface area (Å²) in [5.41, 5.74) is 7.61. The van der Waals surface area contributed by atoms with E-state index in [1.165, 1.54) is 16.7 Å². The lowest BCUT2D eigenvalue weighted by Gasteiger charge is -2.33. The fourth-order valence-corrected chi connectivity index (χ4v) is 9.46. The molecule has 0 aliphatic carbocycles. The number of para-hydroxylation sites is 1. The van der Waals surface area contributed by atoms with Crippen LogP contribution in [0.5, 0.6) is 0 Å². The summed E-state index contributed by atoms with van der Waals surface area (Å²) >= 11 is 0. The second kappa shape index (κ2) is 27.1. The number of hydrogen-bond donors (Lipinski definition) is 7. The molecule has 4 aromatic rings. The second-order valence-electron chi connectivity index (χ2n) is 20.5. The van der Waals surface area contributed by atoms with E-state index in [1.54, 1.807) is 75.5 Å². The molecule has 2 aliphatic rings. The molecule has 408 valence electrons. The van der Waals surface area contributed by atoms with Crippen molar-refractivity contribution in [2.45, 2.75) is 160 Å². The van der Waals surface area contributed by atoms with E-state index in [-0.39, 0.29) is 45.4 Å². The molecule has 0 unspecified atom stereocenters. The number of nitrogens with zero attached hydrogens (tertiary/aromatic N) is 2. The summed E-state index contributed by atoms with van der Waals surface area (Å²) in [6.45, 7) is 8.78. The van der Waals surface area contributed by atoms with E-state index < -0.39 is 101 Å². The third-order valence-corrected chi connectivity index (χ3v) is 13.4. The van der Waals surface area contributed by atoms with E-state index in [4.69, 9.17) is 15.2 Å². The fraction of sp³-hybridized carbons (Fsp3) is 0.482. The van der Waals surface area contributed by atoms with Crippen molar-refractivity contribution >= 4 is 64.3 Å². The Balaban J connectivity index is 1.20. The highest BCUT2D eigenvalue weighted by Gasteiger charge is 2.44. The minimum atomic E-state index is -1.34. The van der Waals surface area contributed by atoms with Gasteiger partial charge in [-0.05, 0) is 89.0 Å². The van der Waals surface area contributed by atoms with Gasteiger partial charge in [0.1, 0.15) is 54.5 Å². The monoisotopic (exact) mass is 1050 g/mol. The van der Waals surface area contributed by atoms with E-state index in [9.17, 15) is 43.2 Å². The van der Waals surface area contributed by atoms with Gasteiger partial charge in [-0.2, -0.15) is 0 Å². The van der Waals surface area contributed by atoms with Crippen LogP contribution in [0.4, 0.5) is 4.79 Å². The highest BCUT2D eigenvalue weighted by Crippen LogP contribution is 2.27. The fourth-order valence-electron chi connectivity index (χ4n) is 9.46. The van der Waals surface area contributed by atoms with Gasteiger partial charge in [-0.25, -0.2) is 4.79 Å². The Morgan fingerprint density at radius 3 is 1.97 bits per heavy atom. The van der Waals surface area contributed by atoms with Gasteiger partial charge >= 0.3 is 12.1 Å². The van der Waals surface area contributed by atoms with Crippen LogP contribution in [-0.2, 0) is 67.3 Å². The maximum Gasteiger partial charge on any atom is 0.408 e. The first-order valence-corrected chi connectivity index (χ1v) is 26.2. The Bertz CT molecular complexity index is 2670. The van der Waals surface area contributed by atoms with Crippen molar-refractivity contribution in [3.8, 4) is 0 Å². The second-order valence-corrected chi connectivity index (χ2v) is 20.5. The zero-order valence-electron chi connectivity index (χ0n) is 44.1. The van der Waals surface area contributed by atoms with Crippen LogP contribution >= 0.6 is 0 Å². The van der Waals surface area contributed by atoms with Crippen LogP contribution in [0.25, 0.3) is 10.9 Å². The maximum atomic E-state index is 14.9. The van der Waals surface area contributed by atoms with Gasteiger partial charge in [-0.1, -0.05) is 98.6 Å². The number of rotatable bonds is 24. The van der Waals surface area contributed by atoms with Crippen LogP contribution in [0.3, 0.4) is 0 Å². The van der Waals surface area contributed by atoms with E-state index in [1.807, 2.05) is 43.3 Å². The molecule has 0 radical (unpaired) electrons. The number of amides is 8. The molecule has 0 spiro atoms. The number of unbranched alkanes of at least 4 members (excludes halogenated alkanes) is 1. The number of ether oxygens (including phenoxy) is 2. The average Bonchev–Trinajstić information content (AvgIpc) is 4.19. The quantitative estimate of drug-likeness (QED) is 0.0493. The topological polar surface area (TPSA) is 281 Å². The van der Waals surface area contributed by atoms with E-state index in [0.717, 1.165) is 22.9 Å². The predicted octanol–water partition coefficient (Wildman–Crippen LogP) is 3.99. The highest BCUT2D eigenvalue weighted by molar-refractivity contribution is 5.98. The number of nitrogens with two attached hydrogens (primary N) is 1. The first-order chi connectivity index (χ1) is 36.3. The number of H-pyrrole nitrogens is 1. The van der Waals surface area contributed by atoms with Crippen LogP contribution in [0, 0.1) is 0 Å². The maximum absolute atomic E-state index is 14.9. The summed E-state index contributed by atoms with van der Waals surface area (Å²) in [7, 11) is 0. The molecule has 20 heteroatoms. The summed E-state index contributed by atoms with van der Waals surface area (Å²) < 4.78 is 10.8. The SMILES string of the molecule is CCCC[C@H](NC(=O)[C@@H]1CCCN1C(=O)[C@H]1CCCN1C(=O)[C@H](Cc1ccccc1)NC(=O)[C@@H](Cc1c[nH]c2ccccc12)NC(=O)[C@H](C)NC(=O)[C@@H](CCC(=O)OCc1ccccc1)NC(=O)OC(C)(C)C)C(N)=O. The Hall–Kier alpha value is -7.77. The van der Waals surface area contributed by atoms with Crippen molar-refractivity contribution < 1.29 is 52.6 Å². The lowest BCUT2D eigenvalue weighted by atomic mass is 10.0. The Labute approximate surface area is 443 Å². The molecule has 2 aliphatic heterocycles. The number of aromatic amines is 1. The normalized spacial score (nSPS) is 17.3. The zero-order valence-corrected chi connectivity index (χ0v) is 44.1. The van der Waals surface area contributed by atoms with E-state index in [0.29, 0.717) is 49.7 Å². The van der Waals surface area contributed by atoms with Crippen molar-refractivity contribution in [3.63, 3.8) is 0 Å². The predicted molar refractivity (Wildman–Crippen MR) is 282 cm³/mol. The van der Waals surface area contributed by atoms with Crippen molar-refractivity contribution in [1.82, 2.24) is 41.4 Å². The number of carbonyl (C=O) groups excluding carboxylic acids is 9. The number of nitrogens with one attached hydrogen (secondary N) is 6. The number of esters is 1. The van der Waals surface area contributed by atoms with Gasteiger partial charge in [0.25, 0.3) is 0 Å². The lowest BCUT2D eigenvalue weighted by molar-refractivity contribution is -0.148. The minimum absolute atomic E-state index is 0.00197. The van der Waals surface area contributed by atoms with Crippen LogP contribution < -0.4 is 32.3 Å². The molecule has 0 saturated carbocycles. The minimum Gasteiger partial charge on any atom is -0.461 e. The molecule has 2 fully saturated rings. The van der Waals surface area contributed by atoms with Crippen molar-refractivity contribution in [2.24, 2.45) is 5.73 Å². The lowest BCUT2D eigenvalue weighted by Crippen LogP contribution is -2.60. The number of aromatic nitrogens is 1. The first kappa shape index (κ1) is 57.5. The molecule has 3 aromatic carbocycles. The van der Waals surface area contributed by atoms with Gasteiger partial charge in [0.05, 0.1) is 0 Å². The van der Waals surface area contributed by atoms with Crippen LogP contribution in [0.15, 0.2) is 91.1 Å². The molecule has 6 rings (SSSR count). The summed E-state index contributed by atoms with van der Waals surface area (Å²) in [6.07, 6.45) is 3.82. The van der Waals surface area contributed by atoms with Gasteiger partial charge in [0, 0.05) is 49.5 Å². The average molecular weight is 1050 g/mol. The van der Waals surface area contributed by atoms with Gasteiger partial charge in [0.2, 0.25) is 41.4 Å². The molecule has 7 atom stereocenters. The number of benzene rings is 3. The summed E-state index contributed by atoms with van der Waals surface area (Å²) in [4.78, 5) is 130. The summed E-state index contributed by atoms with van der Waals surface area (Å²) in [5.74, 6) is -5.04. The Morgan fingerprint density at radius 1 is 0.684 bits per heavy atom. The van der Waals surface area contributed by atoms with E-state index >= 15 is 0 Å². The van der Waals surface area contributed by atoms with Crippen molar-refractivity contribution in [2.75, 3.05) is 13.1 Å². The molecule has 0 bridgehead atoms. The molecule has 1 aromatic heterocycles. The van der Waals surface area contributed by atoms with Crippen molar-refractivity contribution in [3.05, 3.63) is 108 Å². The van der Waals surface area contributed by atoms with Crippen LogP contribution in [0.2, 0.25) is 0 Å². The van der Waals surface area contributed by atoms with Crippen LogP contribution in [0.1, 0.15) is 109 Å². The molecule has 8 amide bonds. The molecule has 8 N–H and O–H groups in total. The Kier molecular flexibility index (Phi) is 20.5. The number of alkyl carbamates (subject to hydrolysis) is 1. The molecule has 20 nitrogen and oxygen atoms in total. The third-order valence-electron chi connectivity index (χ3n) is 13.4. The number of primary amides is 1. The van der Waals surface area contributed by atoms with Gasteiger partial charge < -0.3 is 56.6 Å². The molecular weight excluding hydrogens is 975 g/mol. The molecule has 3 heterocycles. The first-order valence-electron chi connectivity index (χ1n) is 26.2. The van der Waals surface area contributed by atoms with Crippen molar-refractivity contribution in [1.29, 1.82) is 0 Å². The van der Waals surface area contributed by atoms with Gasteiger partial charge in [0.15, 0.2) is 0 Å². The number of fused-ring (bicyclic) bond motifs is 1. The number of carbonyl (C=O) groups is 9. The zero-order chi connectivity index (χ0) is 54.9. The van der Waals surface area contributed by atoms with Gasteiger partial charge in [-0.15, -0.1) is 0 Å². The third kappa shape index (κ3) is 16.4. The Morgan fingerprint density at radius 2 is 1.30 bits per heavy atom. The van der Waals surface area contributed by atoms with E-state index in [2.05, 4.69) is 31.6 Å². The summed E-state index contributed by atoms with van der Waals surface area (Å²) in [5, 5.41) is 14.3. The number of hydrogen-bond acceptors (Lipinski definition) is 11. The standard InChI is InChI=1S/C56H73N9O11/c1-6-7-23-41(48(57)67)60-52(71)45-25-16-29-64(45)54(73)46-26-17-30-65(46)53(72)44(31-36-18-10-8-11-19-36)62-51(70)43(32-38-33-58-40-24-15-14-22-39(38)40)61-49(68)35(2)59-50(69)42(63-55(74)76-56(3,4)5)27-28-47(66)75-34-37-20-12-9-13-21-37/h8-15,18-22,24,33,35,41-46,58H,6-7,16-17,23,25-32,34H2,1-5H3,(H2,57,67)(H,59,69)(H,60,71)(H,61,68)(H,62,70)(H,63,74)/t35-,41-,42+,43+,44-,45-,46+/m0/s1. The molecular formula is C56H73N9O11. The largest absolute Gasteiger partial charge is 0.461 e. The van der Waals surface area contributed by atoms with Gasteiger partial charge in [-0.3, -0.25) is 38.4 Å². The molecule has 2 saturated heterocycles. The smallest absolute Gasteiger partial charge is 0.408 e. The van der Waals surface area contributed by atoms with Crippen LogP contribution in [-0.4, -0.2) is 129 Å². The molecule has 76 heavy (non-hydrogen) atoms. The number of likely N-dealkylation sites (tertiary alicyclic amines) is 2. The highest BCUT2D eigenvalue weighted by atomic mass is 16.6.